The minimum Gasteiger partial charge on any atom is -0.399 e. The molecular weight excluding hydrogens is 294 g/mol. The zero-order valence-corrected chi connectivity index (χ0v) is 12.7. The molecule has 0 unspecified atom stereocenters. The number of hydrogen-bond acceptors (Lipinski definition) is 5. The van der Waals surface area contributed by atoms with Gasteiger partial charge < -0.3 is 5.73 Å². The van der Waals surface area contributed by atoms with Crippen molar-refractivity contribution in [2.45, 2.75) is 13.8 Å². The fraction of sp³-hybridized carbons (Fsp3) is 0.125. The Kier molecular flexibility index (Phi) is 3.53. The molecule has 0 atom stereocenters. The largest absolute Gasteiger partial charge is 0.399 e. The number of benzene rings is 2. The van der Waals surface area contributed by atoms with E-state index in [1.807, 2.05) is 25.1 Å². The highest BCUT2D eigenvalue weighted by Gasteiger charge is 2.14. The number of nitro benzene ring substituents is 1. The third kappa shape index (κ3) is 2.76. The van der Waals surface area contributed by atoms with Crippen LogP contribution in [0.4, 0.5) is 11.4 Å². The van der Waals surface area contributed by atoms with Crippen molar-refractivity contribution in [3.05, 3.63) is 63.8 Å². The Morgan fingerprint density at radius 2 is 1.87 bits per heavy atom. The van der Waals surface area contributed by atoms with Gasteiger partial charge >= 0.3 is 0 Å². The summed E-state index contributed by atoms with van der Waals surface area (Å²) < 4.78 is 1.62. The number of aromatic nitrogens is 3. The van der Waals surface area contributed by atoms with Crippen molar-refractivity contribution in [1.82, 2.24) is 15.0 Å². The first-order valence-corrected chi connectivity index (χ1v) is 7.00. The average Bonchev–Trinajstić information content (AvgIpc) is 2.99. The monoisotopic (exact) mass is 309 g/mol. The molecule has 3 rings (SSSR count). The van der Waals surface area contributed by atoms with Gasteiger partial charge in [0.05, 0.1) is 16.8 Å². The van der Waals surface area contributed by atoms with Gasteiger partial charge in [0.15, 0.2) is 0 Å². The molecule has 0 aliphatic heterocycles. The van der Waals surface area contributed by atoms with Crippen LogP contribution in [0.2, 0.25) is 0 Å². The minimum atomic E-state index is -0.398. The Hall–Kier alpha value is -3.22. The Labute approximate surface area is 132 Å². The first-order valence-electron chi connectivity index (χ1n) is 7.00. The first-order chi connectivity index (χ1) is 11.0. The average molecular weight is 309 g/mol. The lowest BCUT2D eigenvalue weighted by molar-refractivity contribution is -0.385. The molecule has 7 heteroatoms. The molecule has 0 amide bonds. The van der Waals surface area contributed by atoms with Crippen LogP contribution in [0.15, 0.2) is 42.6 Å². The predicted octanol–water partition coefficient (Wildman–Crippen LogP) is 3.04. The maximum Gasteiger partial charge on any atom is 0.272 e. The van der Waals surface area contributed by atoms with Gasteiger partial charge in [-0.2, -0.15) is 0 Å². The van der Waals surface area contributed by atoms with E-state index in [0.717, 1.165) is 11.3 Å². The summed E-state index contributed by atoms with van der Waals surface area (Å²) in [6.07, 6.45) is 1.73. The van der Waals surface area contributed by atoms with Crippen LogP contribution < -0.4 is 5.73 Å². The van der Waals surface area contributed by atoms with Gasteiger partial charge in [0.25, 0.3) is 5.69 Å². The zero-order valence-electron chi connectivity index (χ0n) is 12.7. The number of aryl methyl sites for hydroxylation is 2. The molecule has 0 fully saturated rings. The second-order valence-corrected chi connectivity index (χ2v) is 5.35. The molecule has 0 saturated heterocycles. The van der Waals surface area contributed by atoms with E-state index in [9.17, 15) is 10.1 Å². The van der Waals surface area contributed by atoms with E-state index in [4.69, 9.17) is 5.73 Å². The normalized spacial score (nSPS) is 10.7. The summed E-state index contributed by atoms with van der Waals surface area (Å²) in [4.78, 5) is 10.7. The fourth-order valence-electron chi connectivity index (χ4n) is 2.35. The molecule has 116 valence electrons. The Morgan fingerprint density at radius 3 is 2.61 bits per heavy atom. The van der Waals surface area contributed by atoms with E-state index in [0.29, 0.717) is 22.5 Å². The maximum atomic E-state index is 11.1. The molecule has 2 aromatic carbocycles. The van der Waals surface area contributed by atoms with E-state index in [1.165, 1.54) is 6.07 Å². The van der Waals surface area contributed by atoms with Crippen molar-refractivity contribution >= 4 is 11.4 Å². The van der Waals surface area contributed by atoms with Crippen LogP contribution in [0, 0.1) is 24.0 Å². The van der Waals surface area contributed by atoms with Crippen LogP contribution >= 0.6 is 0 Å². The molecule has 1 heterocycles. The Morgan fingerprint density at radius 1 is 1.13 bits per heavy atom. The van der Waals surface area contributed by atoms with Crippen molar-refractivity contribution in [1.29, 1.82) is 0 Å². The first kappa shape index (κ1) is 14.7. The van der Waals surface area contributed by atoms with E-state index >= 15 is 0 Å². The number of anilines is 1. The second kappa shape index (κ2) is 5.53. The van der Waals surface area contributed by atoms with Gasteiger partial charge in [0.1, 0.15) is 5.69 Å². The lowest BCUT2D eigenvalue weighted by Crippen LogP contribution is -1.99. The number of rotatable bonds is 3. The Bertz CT molecular complexity index is 901. The van der Waals surface area contributed by atoms with Crippen LogP contribution in [0.5, 0.6) is 0 Å². The molecule has 0 aliphatic carbocycles. The van der Waals surface area contributed by atoms with Crippen molar-refractivity contribution < 1.29 is 4.92 Å². The number of nitrogens with zero attached hydrogens (tertiary/aromatic N) is 4. The van der Waals surface area contributed by atoms with Gasteiger partial charge in [0, 0.05) is 22.9 Å². The van der Waals surface area contributed by atoms with E-state index < -0.39 is 4.92 Å². The Balaban J connectivity index is 2.04. The third-order valence-electron chi connectivity index (χ3n) is 3.67. The van der Waals surface area contributed by atoms with Gasteiger partial charge in [-0.25, -0.2) is 4.68 Å². The van der Waals surface area contributed by atoms with Gasteiger partial charge in [-0.15, -0.1) is 5.10 Å². The molecule has 0 aliphatic rings. The number of nitrogens with two attached hydrogens (primary N) is 1. The summed E-state index contributed by atoms with van der Waals surface area (Å²) in [5.74, 6) is 0. The standard InChI is InChI=1S/C16H15N5O2/c1-10-4-6-13(17)8-15(10)20-9-14(18-19-20)12-5-3-11(2)16(7-12)21(22)23/h3-9H,17H2,1-2H3. The summed E-state index contributed by atoms with van der Waals surface area (Å²) in [5.41, 5.74) is 10.2. The highest BCUT2D eigenvalue weighted by Crippen LogP contribution is 2.26. The van der Waals surface area contributed by atoms with Gasteiger partial charge in [0.2, 0.25) is 0 Å². The van der Waals surface area contributed by atoms with Crippen LogP contribution in [0.1, 0.15) is 11.1 Å². The molecule has 0 spiro atoms. The van der Waals surface area contributed by atoms with Crippen LogP contribution in [0.25, 0.3) is 16.9 Å². The van der Waals surface area contributed by atoms with Gasteiger partial charge in [-0.3, -0.25) is 10.1 Å². The summed E-state index contributed by atoms with van der Waals surface area (Å²) in [6.45, 7) is 3.65. The third-order valence-corrected chi connectivity index (χ3v) is 3.67. The summed E-state index contributed by atoms with van der Waals surface area (Å²) in [7, 11) is 0. The molecule has 3 aromatic rings. The molecule has 0 bridgehead atoms. The quantitative estimate of drug-likeness (QED) is 0.455. The highest BCUT2D eigenvalue weighted by atomic mass is 16.6. The molecule has 1 aromatic heterocycles. The zero-order chi connectivity index (χ0) is 16.6. The number of hydrogen-bond donors (Lipinski definition) is 1. The highest BCUT2D eigenvalue weighted by molar-refractivity contribution is 5.64. The van der Waals surface area contributed by atoms with Crippen LogP contribution in [-0.2, 0) is 0 Å². The molecular formula is C16H15N5O2. The van der Waals surface area contributed by atoms with E-state index in [2.05, 4.69) is 10.3 Å². The summed E-state index contributed by atoms with van der Waals surface area (Å²) in [6, 6.07) is 10.5. The van der Waals surface area contributed by atoms with E-state index in [1.54, 1.807) is 29.9 Å². The fourth-order valence-corrected chi connectivity index (χ4v) is 2.35. The predicted molar refractivity (Wildman–Crippen MR) is 87.3 cm³/mol. The van der Waals surface area contributed by atoms with Crippen LogP contribution in [0.3, 0.4) is 0 Å². The molecule has 2 N–H and O–H groups in total. The van der Waals surface area contributed by atoms with E-state index in [-0.39, 0.29) is 5.69 Å². The number of nitrogen functional groups attached to an aromatic ring is 1. The molecule has 0 saturated carbocycles. The SMILES string of the molecule is Cc1ccc(N)cc1-n1cc(-c2ccc(C)c([N+](=O)[O-])c2)nn1. The van der Waals surface area contributed by atoms with Crippen molar-refractivity contribution in [2.24, 2.45) is 0 Å². The van der Waals surface area contributed by atoms with Crippen LogP contribution in [-0.4, -0.2) is 19.9 Å². The van der Waals surface area contributed by atoms with Crippen molar-refractivity contribution in [2.75, 3.05) is 5.73 Å². The maximum absolute atomic E-state index is 11.1. The summed E-state index contributed by atoms with van der Waals surface area (Å²) in [5, 5.41) is 19.3. The lowest BCUT2D eigenvalue weighted by Gasteiger charge is -2.05. The second-order valence-electron chi connectivity index (χ2n) is 5.35. The topological polar surface area (TPSA) is 99.9 Å². The molecule has 0 radical (unpaired) electrons. The van der Waals surface area contributed by atoms with Gasteiger partial charge in [-0.1, -0.05) is 23.4 Å². The number of nitro groups is 1. The van der Waals surface area contributed by atoms with Gasteiger partial charge in [-0.05, 0) is 31.5 Å². The molecule has 7 nitrogen and oxygen atoms in total. The smallest absolute Gasteiger partial charge is 0.272 e. The molecule has 23 heavy (non-hydrogen) atoms. The lowest BCUT2D eigenvalue weighted by atomic mass is 10.1. The summed E-state index contributed by atoms with van der Waals surface area (Å²) >= 11 is 0. The van der Waals surface area contributed by atoms with Crippen molar-refractivity contribution in [3.63, 3.8) is 0 Å². The van der Waals surface area contributed by atoms with Crippen molar-refractivity contribution in [3.8, 4) is 16.9 Å². The minimum absolute atomic E-state index is 0.0668.